The minimum absolute atomic E-state index is 0.170. The lowest BCUT2D eigenvalue weighted by atomic mass is 9.85. The van der Waals surface area contributed by atoms with Gasteiger partial charge in [0.2, 0.25) is 11.2 Å². The molecule has 2 unspecified atom stereocenters. The largest absolute Gasteiger partial charge is 0.477 e. The van der Waals surface area contributed by atoms with Gasteiger partial charge in [-0.1, -0.05) is 19.1 Å². The van der Waals surface area contributed by atoms with Gasteiger partial charge in [0.25, 0.3) is 0 Å². The molecule has 0 fully saturated rings. The number of aromatic nitrogens is 4. The molecule has 100 valence electrons. The summed E-state index contributed by atoms with van der Waals surface area (Å²) in [5.74, 6) is 1.65. The van der Waals surface area contributed by atoms with Gasteiger partial charge in [-0.15, -0.1) is 0 Å². The Balaban J connectivity index is 1.78. The van der Waals surface area contributed by atoms with Gasteiger partial charge in [-0.2, -0.15) is 15.1 Å². The molecule has 0 spiro atoms. The normalized spacial score (nSPS) is 22.8. The monoisotopic (exact) mass is 278 g/mol. The molecular formula is C13H15ClN4O. The number of ether oxygens (including phenoxy) is 1. The predicted molar refractivity (Wildman–Crippen MR) is 73.2 cm³/mol. The van der Waals surface area contributed by atoms with E-state index in [-0.39, 0.29) is 5.28 Å². The van der Waals surface area contributed by atoms with E-state index >= 15 is 0 Å². The highest BCUT2D eigenvalue weighted by molar-refractivity contribution is 6.28. The molecule has 6 heteroatoms. The van der Waals surface area contributed by atoms with Crippen LogP contribution in [0.5, 0.6) is 5.88 Å². The Hall–Kier alpha value is -1.62. The van der Waals surface area contributed by atoms with Crippen LogP contribution in [0.25, 0.3) is 11.0 Å². The van der Waals surface area contributed by atoms with E-state index in [0.717, 1.165) is 18.2 Å². The van der Waals surface area contributed by atoms with E-state index in [2.05, 4.69) is 39.2 Å². The summed E-state index contributed by atoms with van der Waals surface area (Å²) in [6, 6.07) is 0. The zero-order chi connectivity index (χ0) is 13.2. The van der Waals surface area contributed by atoms with Crippen molar-refractivity contribution in [3.8, 4) is 5.88 Å². The SMILES string of the molecule is CC1CC=CCC1COc1nc(Cl)nc2[nH]ncc12. The van der Waals surface area contributed by atoms with E-state index in [4.69, 9.17) is 16.3 Å². The van der Waals surface area contributed by atoms with Crippen molar-refractivity contribution in [2.45, 2.75) is 19.8 Å². The molecule has 1 N–H and O–H groups in total. The Morgan fingerprint density at radius 3 is 3.05 bits per heavy atom. The quantitative estimate of drug-likeness (QED) is 0.692. The van der Waals surface area contributed by atoms with Crippen LogP contribution in [0.2, 0.25) is 5.28 Å². The molecule has 0 saturated heterocycles. The highest BCUT2D eigenvalue weighted by Gasteiger charge is 2.20. The van der Waals surface area contributed by atoms with E-state index < -0.39 is 0 Å². The fraction of sp³-hybridized carbons (Fsp3) is 0.462. The zero-order valence-electron chi connectivity index (χ0n) is 10.6. The lowest BCUT2D eigenvalue weighted by Gasteiger charge is -2.24. The average Bonchev–Trinajstić information content (AvgIpc) is 2.85. The fourth-order valence-electron chi connectivity index (χ4n) is 2.32. The van der Waals surface area contributed by atoms with Gasteiger partial charge >= 0.3 is 0 Å². The number of nitrogens with zero attached hydrogens (tertiary/aromatic N) is 3. The van der Waals surface area contributed by atoms with Gasteiger partial charge in [0.15, 0.2) is 5.65 Å². The third-order valence-corrected chi connectivity index (χ3v) is 3.77. The summed E-state index contributed by atoms with van der Waals surface area (Å²) in [6.07, 6.45) is 8.27. The second kappa shape index (κ2) is 5.17. The van der Waals surface area contributed by atoms with Crippen molar-refractivity contribution in [2.75, 3.05) is 6.61 Å². The van der Waals surface area contributed by atoms with Crippen LogP contribution in [-0.2, 0) is 0 Å². The van der Waals surface area contributed by atoms with Crippen LogP contribution in [0.3, 0.4) is 0 Å². The molecule has 0 saturated carbocycles. The third kappa shape index (κ3) is 2.56. The van der Waals surface area contributed by atoms with Crippen molar-refractivity contribution in [1.29, 1.82) is 0 Å². The second-order valence-electron chi connectivity index (χ2n) is 4.92. The molecule has 0 bridgehead atoms. The van der Waals surface area contributed by atoms with Crippen molar-refractivity contribution in [1.82, 2.24) is 20.2 Å². The number of hydrogen-bond donors (Lipinski definition) is 1. The van der Waals surface area contributed by atoms with Crippen molar-refractivity contribution in [3.05, 3.63) is 23.6 Å². The van der Waals surface area contributed by atoms with Gasteiger partial charge in [0.05, 0.1) is 12.8 Å². The van der Waals surface area contributed by atoms with Crippen molar-refractivity contribution < 1.29 is 4.74 Å². The Morgan fingerprint density at radius 2 is 2.21 bits per heavy atom. The Labute approximate surface area is 116 Å². The Morgan fingerprint density at radius 1 is 1.37 bits per heavy atom. The number of fused-ring (bicyclic) bond motifs is 1. The van der Waals surface area contributed by atoms with Crippen molar-refractivity contribution in [3.63, 3.8) is 0 Å². The molecule has 2 atom stereocenters. The van der Waals surface area contributed by atoms with E-state index in [9.17, 15) is 0 Å². The number of allylic oxidation sites excluding steroid dienone is 2. The summed E-state index contributed by atoms with van der Waals surface area (Å²) in [5.41, 5.74) is 0.603. The maximum atomic E-state index is 5.87. The van der Waals surface area contributed by atoms with Crippen LogP contribution in [0.15, 0.2) is 18.3 Å². The number of rotatable bonds is 3. The predicted octanol–water partition coefficient (Wildman–Crippen LogP) is 2.99. The Kier molecular flexibility index (Phi) is 3.38. The van der Waals surface area contributed by atoms with Crippen LogP contribution >= 0.6 is 11.6 Å². The molecule has 19 heavy (non-hydrogen) atoms. The molecule has 0 aliphatic heterocycles. The van der Waals surface area contributed by atoms with Crippen LogP contribution in [-0.4, -0.2) is 26.8 Å². The van der Waals surface area contributed by atoms with Gasteiger partial charge in [-0.3, -0.25) is 5.10 Å². The highest BCUT2D eigenvalue weighted by Crippen LogP contribution is 2.27. The molecule has 0 radical (unpaired) electrons. The summed E-state index contributed by atoms with van der Waals surface area (Å²) < 4.78 is 5.84. The van der Waals surface area contributed by atoms with E-state index in [1.807, 2.05) is 0 Å². The maximum absolute atomic E-state index is 5.87. The van der Waals surface area contributed by atoms with E-state index in [1.165, 1.54) is 0 Å². The van der Waals surface area contributed by atoms with Gasteiger partial charge in [-0.25, -0.2) is 0 Å². The fourth-order valence-corrected chi connectivity index (χ4v) is 2.48. The summed E-state index contributed by atoms with van der Waals surface area (Å²) in [7, 11) is 0. The molecule has 0 amide bonds. The van der Waals surface area contributed by atoms with Gasteiger partial charge in [0, 0.05) is 0 Å². The first-order valence-corrected chi connectivity index (χ1v) is 6.76. The van der Waals surface area contributed by atoms with Crippen LogP contribution in [0, 0.1) is 11.8 Å². The van der Waals surface area contributed by atoms with Gasteiger partial charge in [-0.05, 0) is 36.3 Å². The van der Waals surface area contributed by atoms with E-state index in [1.54, 1.807) is 6.20 Å². The number of aromatic amines is 1. The first-order valence-electron chi connectivity index (χ1n) is 6.38. The minimum Gasteiger partial charge on any atom is -0.477 e. The maximum Gasteiger partial charge on any atom is 0.229 e. The summed E-state index contributed by atoms with van der Waals surface area (Å²) in [5, 5.41) is 7.64. The van der Waals surface area contributed by atoms with E-state index in [0.29, 0.717) is 30.0 Å². The number of nitrogens with one attached hydrogen (secondary N) is 1. The highest BCUT2D eigenvalue weighted by atomic mass is 35.5. The average molecular weight is 279 g/mol. The van der Waals surface area contributed by atoms with Crippen LogP contribution < -0.4 is 4.74 Å². The molecule has 2 aromatic rings. The van der Waals surface area contributed by atoms with Gasteiger partial charge < -0.3 is 4.74 Å². The zero-order valence-corrected chi connectivity index (χ0v) is 11.4. The summed E-state index contributed by atoms with van der Waals surface area (Å²) in [6.45, 7) is 2.89. The lowest BCUT2D eigenvalue weighted by molar-refractivity contribution is 0.194. The van der Waals surface area contributed by atoms with Crippen LogP contribution in [0.1, 0.15) is 19.8 Å². The molecular weight excluding hydrogens is 264 g/mol. The molecule has 5 nitrogen and oxygen atoms in total. The third-order valence-electron chi connectivity index (χ3n) is 3.60. The molecule has 2 aromatic heterocycles. The number of H-pyrrole nitrogens is 1. The first kappa shape index (κ1) is 12.4. The summed E-state index contributed by atoms with van der Waals surface area (Å²) >= 11 is 5.87. The summed E-state index contributed by atoms with van der Waals surface area (Å²) in [4.78, 5) is 8.19. The standard InChI is InChI=1S/C13H15ClN4O/c1-8-4-2-3-5-9(8)7-19-12-10-6-15-18-11(10)16-13(14)17-12/h2-3,6,8-9H,4-5,7H2,1H3,(H,15,16,17,18). The number of hydrogen-bond acceptors (Lipinski definition) is 4. The molecule has 2 heterocycles. The minimum atomic E-state index is 0.170. The Bertz CT molecular complexity index is 610. The van der Waals surface area contributed by atoms with Crippen LogP contribution in [0.4, 0.5) is 0 Å². The molecule has 1 aliphatic rings. The van der Waals surface area contributed by atoms with Crippen molar-refractivity contribution >= 4 is 22.6 Å². The van der Waals surface area contributed by atoms with Crippen molar-refractivity contribution in [2.24, 2.45) is 11.8 Å². The topological polar surface area (TPSA) is 63.7 Å². The lowest BCUT2D eigenvalue weighted by Crippen LogP contribution is -2.21. The first-order chi connectivity index (χ1) is 9.24. The molecule has 3 rings (SSSR count). The van der Waals surface area contributed by atoms with Gasteiger partial charge in [0.1, 0.15) is 5.39 Å². The smallest absolute Gasteiger partial charge is 0.229 e. The molecule has 1 aliphatic carbocycles. The number of halogens is 1. The second-order valence-corrected chi connectivity index (χ2v) is 5.26. The molecule has 0 aromatic carbocycles.